The quantitative estimate of drug-likeness (QED) is 0.714. The first-order chi connectivity index (χ1) is 8.24. The summed E-state index contributed by atoms with van der Waals surface area (Å²) in [5, 5.41) is 0. The van der Waals surface area contributed by atoms with Gasteiger partial charge >= 0.3 is 0 Å². The second-order valence-electron chi connectivity index (χ2n) is 4.65. The number of benzene rings is 1. The molecule has 2 aromatic rings. The summed E-state index contributed by atoms with van der Waals surface area (Å²) >= 11 is 0. The Kier molecular flexibility index (Phi) is 2.32. The molecule has 1 heteroatoms. The second kappa shape index (κ2) is 3.85. The van der Waals surface area contributed by atoms with Gasteiger partial charge in [-0.05, 0) is 42.2 Å². The molecule has 0 bridgehead atoms. The maximum absolute atomic E-state index is 4.65. The molecule has 17 heavy (non-hydrogen) atoms. The van der Waals surface area contributed by atoms with E-state index in [2.05, 4.69) is 61.3 Å². The molecule has 0 spiro atoms. The van der Waals surface area contributed by atoms with Crippen LogP contribution in [0.1, 0.15) is 28.1 Å². The minimum Gasteiger partial charge on any atom is -0.253 e. The fourth-order valence-corrected chi connectivity index (χ4v) is 2.31. The third kappa shape index (κ3) is 1.78. The van der Waals surface area contributed by atoms with Crippen molar-refractivity contribution in [3.05, 3.63) is 64.5 Å². The fraction of sp³-hybridized carbons (Fsp3) is 0.188. The van der Waals surface area contributed by atoms with Gasteiger partial charge in [-0.2, -0.15) is 0 Å². The summed E-state index contributed by atoms with van der Waals surface area (Å²) in [6.45, 7) is 4.20. The summed E-state index contributed by atoms with van der Waals surface area (Å²) < 4.78 is 0. The van der Waals surface area contributed by atoms with Crippen molar-refractivity contribution in [3.8, 4) is 0 Å². The van der Waals surface area contributed by atoms with Gasteiger partial charge in [0, 0.05) is 12.1 Å². The van der Waals surface area contributed by atoms with Crippen LogP contribution in [0.4, 0.5) is 0 Å². The molecule has 0 aliphatic heterocycles. The average Bonchev–Trinajstić information content (AvgIpc) is 2.74. The lowest BCUT2D eigenvalue weighted by atomic mass is 10.0. The predicted molar refractivity (Wildman–Crippen MR) is 71.7 cm³/mol. The first-order valence-electron chi connectivity index (χ1n) is 5.97. The van der Waals surface area contributed by atoms with Crippen LogP contribution in [0.2, 0.25) is 0 Å². The zero-order valence-electron chi connectivity index (χ0n) is 10.2. The number of aryl methyl sites for hydroxylation is 2. The van der Waals surface area contributed by atoms with Gasteiger partial charge in [-0.25, -0.2) is 0 Å². The Bertz CT molecular complexity index is 594. The van der Waals surface area contributed by atoms with E-state index < -0.39 is 0 Å². The Morgan fingerprint density at radius 2 is 1.82 bits per heavy atom. The van der Waals surface area contributed by atoms with Crippen molar-refractivity contribution >= 4 is 11.6 Å². The molecule has 1 nitrogen and oxygen atoms in total. The minimum atomic E-state index is 1.01. The van der Waals surface area contributed by atoms with Crippen molar-refractivity contribution in [2.75, 3.05) is 0 Å². The van der Waals surface area contributed by atoms with E-state index in [0.717, 1.165) is 17.8 Å². The molecular formula is C16H15N. The van der Waals surface area contributed by atoms with Gasteiger partial charge in [0.1, 0.15) is 0 Å². The first kappa shape index (κ1) is 10.3. The number of hydrogen-bond donors (Lipinski definition) is 0. The van der Waals surface area contributed by atoms with Crippen LogP contribution in [0.25, 0.3) is 11.6 Å². The molecule has 0 fully saturated rings. The molecule has 1 aromatic heterocycles. The van der Waals surface area contributed by atoms with E-state index in [0.29, 0.717) is 0 Å². The summed E-state index contributed by atoms with van der Waals surface area (Å²) in [4.78, 5) is 4.65. The zero-order chi connectivity index (χ0) is 11.8. The Hall–Kier alpha value is -1.89. The lowest BCUT2D eigenvalue weighted by molar-refractivity contribution is 1.10. The van der Waals surface area contributed by atoms with E-state index in [-0.39, 0.29) is 0 Å². The van der Waals surface area contributed by atoms with Crippen molar-refractivity contribution < 1.29 is 0 Å². The van der Waals surface area contributed by atoms with Gasteiger partial charge in [0.2, 0.25) is 0 Å². The first-order valence-corrected chi connectivity index (χ1v) is 5.97. The molecular weight excluding hydrogens is 206 g/mol. The summed E-state index contributed by atoms with van der Waals surface area (Å²) in [6.07, 6.45) is 3.23. The Labute approximate surface area is 102 Å². The number of aromatic nitrogens is 1. The van der Waals surface area contributed by atoms with Crippen LogP contribution >= 0.6 is 0 Å². The van der Waals surface area contributed by atoms with E-state index in [1.54, 1.807) is 0 Å². The van der Waals surface area contributed by atoms with E-state index in [1.807, 2.05) is 0 Å². The maximum Gasteiger partial charge on any atom is 0.0671 e. The molecule has 0 saturated carbocycles. The number of nitrogens with zero attached hydrogens (tertiary/aromatic N) is 1. The number of allylic oxidation sites excluding steroid dienone is 1. The van der Waals surface area contributed by atoms with Gasteiger partial charge in [0.25, 0.3) is 0 Å². The van der Waals surface area contributed by atoms with Crippen LogP contribution in [0.15, 0.2) is 36.4 Å². The van der Waals surface area contributed by atoms with Gasteiger partial charge in [0.15, 0.2) is 0 Å². The van der Waals surface area contributed by atoms with E-state index >= 15 is 0 Å². The lowest BCUT2D eigenvalue weighted by Gasteiger charge is -2.03. The predicted octanol–water partition coefficient (Wildman–Crippen LogP) is 3.80. The van der Waals surface area contributed by atoms with Crippen molar-refractivity contribution in [1.29, 1.82) is 0 Å². The largest absolute Gasteiger partial charge is 0.253 e. The standard InChI is InChI=1S/C16H15N/c1-11-8-15-9-14(10-16(15)17-12(11)2)13-6-4-3-5-7-13/h3-8,10H,9H2,1-2H3. The molecule has 0 N–H and O–H groups in total. The number of pyridine rings is 1. The lowest BCUT2D eigenvalue weighted by Crippen LogP contribution is -1.93. The molecule has 0 amide bonds. The van der Waals surface area contributed by atoms with E-state index in [1.165, 1.54) is 22.3 Å². The average molecular weight is 221 g/mol. The number of rotatable bonds is 1. The van der Waals surface area contributed by atoms with Crippen LogP contribution in [-0.2, 0) is 6.42 Å². The van der Waals surface area contributed by atoms with Gasteiger partial charge in [-0.15, -0.1) is 0 Å². The molecule has 0 atom stereocenters. The summed E-state index contributed by atoms with van der Waals surface area (Å²) in [7, 11) is 0. The van der Waals surface area contributed by atoms with E-state index in [9.17, 15) is 0 Å². The topological polar surface area (TPSA) is 12.9 Å². The van der Waals surface area contributed by atoms with Crippen molar-refractivity contribution in [2.24, 2.45) is 0 Å². The third-order valence-electron chi connectivity index (χ3n) is 3.42. The van der Waals surface area contributed by atoms with Crippen molar-refractivity contribution in [1.82, 2.24) is 4.98 Å². The van der Waals surface area contributed by atoms with Crippen LogP contribution in [-0.4, -0.2) is 4.98 Å². The third-order valence-corrected chi connectivity index (χ3v) is 3.42. The van der Waals surface area contributed by atoms with Crippen LogP contribution in [0, 0.1) is 13.8 Å². The molecule has 3 rings (SSSR count). The monoisotopic (exact) mass is 221 g/mol. The zero-order valence-corrected chi connectivity index (χ0v) is 10.2. The fourth-order valence-electron chi connectivity index (χ4n) is 2.31. The number of fused-ring (bicyclic) bond motifs is 1. The van der Waals surface area contributed by atoms with Gasteiger partial charge in [0.05, 0.1) is 5.69 Å². The highest BCUT2D eigenvalue weighted by Gasteiger charge is 2.15. The smallest absolute Gasteiger partial charge is 0.0671 e. The molecule has 0 radical (unpaired) electrons. The number of hydrogen-bond acceptors (Lipinski definition) is 1. The van der Waals surface area contributed by atoms with Crippen LogP contribution in [0.5, 0.6) is 0 Å². The Morgan fingerprint density at radius 3 is 2.59 bits per heavy atom. The summed E-state index contributed by atoms with van der Waals surface area (Å²) in [5.41, 5.74) is 7.60. The second-order valence-corrected chi connectivity index (χ2v) is 4.65. The molecule has 0 saturated heterocycles. The molecule has 1 aliphatic rings. The van der Waals surface area contributed by atoms with Gasteiger partial charge in [-0.3, -0.25) is 4.98 Å². The van der Waals surface area contributed by atoms with Gasteiger partial charge in [-0.1, -0.05) is 36.4 Å². The highest BCUT2D eigenvalue weighted by atomic mass is 14.7. The normalized spacial score (nSPS) is 13.4. The maximum atomic E-state index is 4.65. The molecule has 1 heterocycles. The Morgan fingerprint density at radius 1 is 1.06 bits per heavy atom. The summed E-state index contributed by atoms with van der Waals surface area (Å²) in [5.74, 6) is 0. The van der Waals surface area contributed by atoms with Crippen molar-refractivity contribution in [3.63, 3.8) is 0 Å². The molecule has 1 aliphatic carbocycles. The van der Waals surface area contributed by atoms with Gasteiger partial charge < -0.3 is 0 Å². The molecule has 0 unspecified atom stereocenters. The van der Waals surface area contributed by atoms with Crippen LogP contribution < -0.4 is 0 Å². The highest BCUT2D eigenvalue weighted by molar-refractivity contribution is 5.87. The highest BCUT2D eigenvalue weighted by Crippen LogP contribution is 2.31. The van der Waals surface area contributed by atoms with Crippen LogP contribution in [0.3, 0.4) is 0 Å². The SMILES string of the molecule is Cc1cc2c(nc1C)C=C(c1ccccc1)C2. The minimum absolute atomic E-state index is 1.01. The molecule has 84 valence electrons. The Balaban J connectivity index is 2.03. The molecule has 1 aromatic carbocycles. The van der Waals surface area contributed by atoms with E-state index in [4.69, 9.17) is 0 Å². The summed E-state index contributed by atoms with van der Waals surface area (Å²) in [6, 6.07) is 12.8. The van der Waals surface area contributed by atoms with Crippen molar-refractivity contribution in [2.45, 2.75) is 20.3 Å².